The summed E-state index contributed by atoms with van der Waals surface area (Å²) in [6.07, 6.45) is 2.26. The van der Waals surface area contributed by atoms with Crippen molar-refractivity contribution >= 4 is 22.4 Å². The number of nitrogens with two attached hydrogens (primary N) is 1. The van der Waals surface area contributed by atoms with Gasteiger partial charge in [-0.1, -0.05) is 49.4 Å². The number of rotatable bonds is 5. The van der Waals surface area contributed by atoms with Crippen LogP contribution >= 0.6 is 11.3 Å². The maximum atomic E-state index is 11.8. The van der Waals surface area contributed by atoms with Crippen LogP contribution in [0.5, 0.6) is 0 Å². The van der Waals surface area contributed by atoms with Gasteiger partial charge in [0, 0.05) is 13.1 Å². The molecule has 0 spiro atoms. The summed E-state index contributed by atoms with van der Waals surface area (Å²) in [5, 5.41) is 10.4. The quantitative estimate of drug-likeness (QED) is 0.792. The highest BCUT2D eigenvalue weighted by molar-refractivity contribution is 7.19. The van der Waals surface area contributed by atoms with E-state index >= 15 is 0 Å². The predicted octanol–water partition coefficient (Wildman–Crippen LogP) is 3.53. The molecule has 0 bridgehead atoms. The van der Waals surface area contributed by atoms with E-state index in [0.29, 0.717) is 4.88 Å². The molecule has 1 aromatic carbocycles. The predicted molar refractivity (Wildman–Crippen MR) is 98.7 cm³/mol. The van der Waals surface area contributed by atoms with Crippen molar-refractivity contribution < 1.29 is 14.7 Å². The summed E-state index contributed by atoms with van der Waals surface area (Å²) in [5.74, 6) is 4.20. The Kier molecular flexibility index (Phi) is 5.08. The Morgan fingerprint density at radius 3 is 2.88 bits per heavy atom. The minimum atomic E-state index is -1.02. The molecule has 0 saturated carbocycles. The van der Waals surface area contributed by atoms with Crippen LogP contribution in [0, 0.1) is 5.41 Å². The number of benzene rings is 1. The fourth-order valence-corrected chi connectivity index (χ4v) is 4.46. The van der Waals surface area contributed by atoms with Crippen molar-refractivity contribution in [2.75, 3.05) is 18.0 Å². The fraction of sp³-hybridized carbons (Fsp3) is 0.444. The summed E-state index contributed by atoms with van der Waals surface area (Å²) >= 11 is 1.43. The Morgan fingerprint density at radius 2 is 2.20 bits per heavy atom. The van der Waals surface area contributed by atoms with Gasteiger partial charge in [0.25, 0.3) is 0 Å². The molecule has 0 amide bonds. The molecule has 2 heterocycles. The molecule has 134 valence electrons. The third kappa shape index (κ3) is 3.84. The summed E-state index contributed by atoms with van der Waals surface area (Å²) in [5.41, 5.74) is 1.96. The zero-order chi connectivity index (χ0) is 18.0. The van der Waals surface area contributed by atoms with Crippen molar-refractivity contribution in [2.45, 2.75) is 33.3 Å². The van der Waals surface area contributed by atoms with Crippen molar-refractivity contribution in [2.24, 2.45) is 11.3 Å². The van der Waals surface area contributed by atoms with E-state index < -0.39 is 5.97 Å². The van der Waals surface area contributed by atoms with Crippen LogP contribution in [0.1, 0.15) is 42.7 Å². The maximum Gasteiger partial charge on any atom is 0.356 e. The SMILES string of the molecule is CC1(C)CCCN(c2nc(C(=O)O)c(-c3ccccc3CON)s2)C1. The smallest absolute Gasteiger partial charge is 0.356 e. The Labute approximate surface area is 151 Å². The summed E-state index contributed by atoms with van der Waals surface area (Å²) < 4.78 is 0. The van der Waals surface area contributed by atoms with Crippen molar-refractivity contribution in [1.82, 2.24) is 4.98 Å². The van der Waals surface area contributed by atoms with Gasteiger partial charge in [-0.15, -0.1) is 0 Å². The zero-order valence-corrected chi connectivity index (χ0v) is 15.3. The number of carbonyl (C=O) groups is 1. The standard InChI is InChI=1S/C18H23N3O3S/c1-18(2)8-5-9-21(11-18)17-20-14(16(22)23)15(25-17)13-7-4-3-6-12(13)10-24-19/h3-4,6-7H,5,8-11,19H2,1-2H3,(H,22,23). The van der Waals surface area contributed by atoms with Gasteiger partial charge in [0.2, 0.25) is 0 Å². The molecule has 1 aliphatic heterocycles. The number of hydrogen-bond acceptors (Lipinski definition) is 6. The first-order valence-corrected chi connectivity index (χ1v) is 9.12. The molecule has 25 heavy (non-hydrogen) atoms. The van der Waals surface area contributed by atoms with E-state index in [0.717, 1.165) is 35.8 Å². The van der Waals surface area contributed by atoms with Crippen molar-refractivity contribution in [3.05, 3.63) is 35.5 Å². The van der Waals surface area contributed by atoms with Crippen LogP contribution in [0.2, 0.25) is 0 Å². The summed E-state index contributed by atoms with van der Waals surface area (Å²) in [6, 6.07) is 7.53. The minimum Gasteiger partial charge on any atom is -0.476 e. The van der Waals surface area contributed by atoms with Crippen LogP contribution in [0.15, 0.2) is 24.3 Å². The van der Waals surface area contributed by atoms with Gasteiger partial charge in [0.1, 0.15) is 0 Å². The van der Waals surface area contributed by atoms with Crippen molar-refractivity contribution in [3.8, 4) is 10.4 Å². The number of hydrogen-bond donors (Lipinski definition) is 2. The first kappa shape index (κ1) is 17.8. The zero-order valence-electron chi connectivity index (χ0n) is 14.5. The van der Waals surface area contributed by atoms with Crippen molar-refractivity contribution in [1.29, 1.82) is 0 Å². The third-order valence-corrected chi connectivity index (χ3v) is 5.64. The number of thiazole rings is 1. The van der Waals surface area contributed by atoms with Gasteiger partial charge in [-0.25, -0.2) is 15.7 Å². The van der Waals surface area contributed by atoms with E-state index in [4.69, 9.17) is 10.7 Å². The molecule has 0 atom stereocenters. The Morgan fingerprint density at radius 1 is 1.44 bits per heavy atom. The lowest BCUT2D eigenvalue weighted by molar-refractivity contribution is 0.0692. The molecular formula is C18H23N3O3S. The molecule has 2 aromatic rings. The van der Waals surface area contributed by atoms with E-state index in [2.05, 4.69) is 23.7 Å². The molecule has 0 radical (unpaired) electrons. The highest BCUT2D eigenvalue weighted by Crippen LogP contribution is 2.39. The fourth-order valence-electron chi connectivity index (χ4n) is 3.32. The average Bonchev–Trinajstić information content (AvgIpc) is 3.00. The van der Waals surface area contributed by atoms with E-state index in [1.165, 1.54) is 17.8 Å². The highest BCUT2D eigenvalue weighted by Gasteiger charge is 2.30. The largest absolute Gasteiger partial charge is 0.476 e. The molecular weight excluding hydrogens is 338 g/mol. The Bertz CT molecular complexity index is 773. The molecule has 6 nitrogen and oxygen atoms in total. The monoisotopic (exact) mass is 361 g/mol. The second-order valence-corrected chi connectivity index (χ2v) is 8.11. The van der Waals surface area contributed by atoms with Gasteiger partial charge in [-0.2, -0.15) is 0 Å². The maximum absolute atomic E-state index is 11.8. The number of piperidine rings is 1. The molecule has 0 aliphatic carbocycles. The van der Waals surface area contributed by atoms with E-state index in [1.807, 2.05) is 24.3 Å². The highest BCUT2D eigenvalue weighted by atomic mass is 32.1. The average molecular weight is 361 g/mol. The normalized spacial score (nSPS) is 16.8. The van der Waals surface area contributed by atoms with Crippen LogP contribution in [0.3, 0.4) is 0 Å². The van der Waals surface area contributed by atoms with Crippen LogP contribution < -0.4 is 10.8 Å². The number of aromatic carboxylic acids is 1. The number of carboxylic acid groups (broad SMARTS) is 1. The van der Waals surface area contributed by atoms with Gasteiger partial charge < -0.3 is 10.0 Å². The molecule has 3 N–H and O–H groups in total. The van der Waals surface area contributed by atoms with E-state index in [-0.39, 0.29) is 17.7 Å². The third-order valence-electron chi connectivity index (χ3n) is 4.49. The Hall–Kier alpha value is -1.96. The summed E-state index contributed by atoms with van der Waals surface area (Å²) in [6.45, 7) is 6.48. The number of aromatic nitrogens is 1. The molecule has 1 aromatic heterocycles. The lowest BCUT2D eigenvalue weighted by Crippen LogP contribution is -2.40. The second-order valence-electron chi connectivity index (χ2n) is 7.14. The molecule has 7 heteroatoms. The van der Waals surface area contributed by atoms with Crippen LogP contribution in [0.25, 0.3) is 10.4 Å². The first-order chi connectivity index (χ1) is 11.9. The molecule has 1 aliphatic rings. The molecule has 0 unspecified atom stereocenters. The van der Waals surface area contributed by atoms with Crippen molar-refractivity contribution in [3.63, 3.8) is 0 Å². The van der Waals surface area contributed by atoms with Gasteiger partial charge in [-0.05, 0) is 29.4 Å². The van der Waals surface area contributed by atoms with Gasteiger partial charge in [0.05, 0.1) is 11.5 Å². The summed E-state index contributed by atoms with van der Waals surface area (Å²) in [7, 11) is 0. The van der Waals surface area contributed by atoms with Crippen LogP contribution in [0.4, 0.5) is 5.13 Å². The lowest BCUT2D eigenvalue weighted by Gasteiger charge is -2.37. The minimum absolute atomic E-state index is 0.0906. The Balaban J connectivity index is 2.03. The van der Waals surface area contributed by atoms with Gasteiger partial charge >= 0.3 is 5.97 Å². The lowest BCUT2D eigenvalue weighted by atomic mass is 9.84. The summed E-state index contributed by atoms with van der Waals surface area (Å²) in [4.78, 5) is 23.8. The van der Waals surface area contributed by atoms with Crippen LogP contribution in [-0.2, 0) is 11.4 Å². The molecule has 1 fully saturated rings. The second kappa shape index (κ2) is 7.11. The van der Waals surface area contributed by atoms with Gasteiger partial charge in [-0.3, -0.25) is 4.84 Å². The number of anilines is 1. The topological polar surface area (TPSA) is 88.7 Å². The number of nitrogens with zero attached hydrogens (tertiary/aromatic N) is 2. The van der Waals surface area contributed by atoms with Crippen LogP contribution in [-0.4, -0.2) is 29.1 Å². The number of carboxylic acids is 1. The van der Waals surface area contributed by atoms with E-state index in [1.54, 1.807) is 0 Å². The molecule has 3 rings (SSSR count). The van der Waals surface area contributed by atoms with E-state index in [9.17, 15) is 9.90 Å². The van der Waals surface area contributed by atoms with Gasteiger partial charge in [0.15, 0.2) is 10.8 Å². The molecule has 1 saturated heterocycles. The first-order valence-electron chi connectivity index (χ1n) is 8.30.